The zero-order valence-electron chi connectivity index (χ0n) is 17.3. The molecule has 1 unspecified atom stereocenters. The van der Waals surface area contributed by atoms with Crippen molar-refractivity contribution in [2.45, 2.75) is 64.7 Å². The normalized spacial score (nSPS) is 13.3. The van der Waals surface area contributed by atoms with Gasteiger partial charge in [0, 0.05) is 0 Å². The van der Waals surface area contributed by atoms with E-state index in [1.54, 1.807) is 0 Å². The van der Waals surface area contributed by atoms with E-state index in [0.29, 0.717) is 6.42 Å². The number of hydrogen-bond acceptors (Lipinski definition) is 1. The van der Waals surface area contributed by atoms with Gasteiger partial charge in [-0.05, 0) is 63.4 Å². The fraction of sp³-hybridized carbons (Fsp3) is 0.423. The molecule has 0 amide bonds. The maximum Gasteiger partial charge on any atom is 0.306 e. The first-order valence-electron chi connectivity index (χ1n) is 10.6. The second-order valence-corrected chi connectivity index (χ2v) is 6.99. The van der Waals surface area contributed by atoms with Crippen LogP contribution in [0.2, 0.25) is 0 Å². The van der Waals surface area contributed by atoms with Crippen LogP contribution in [0.4, 0.5) is 0 Å². The van der Waals surface area contributed by atoms with E-state index in [4.69, 9.17) is 0 Å². The number of aliphatic carboxylic acids is 1. The summed E-state index contributed by atoms with van der Waals surface area (Å²) in [6.45, 7) is 2.15. The van der Waals surface area contributed by atoms with Gasteiger partial charge >= 0.3 is 5.97 Å². The van der Waals surface area contributed by atoms with Crippen LogP contribution in [0.5, 0.6) is 0 Å². The average molecular weight is 381 g/mol. The summed E-state index contributed by atoms with van der Waals surface area (Å²) in [7, 11) is 0. The molecule has 0 fully saturated rings. The highest BCUT2D eigenvalue weighted by atomic mass is 16.4. The molecule has 0 saturated heterocycles. The van der Waals surface area contributed by atoms with Crippen molar-refractivity contribution < 1.29 is 9.90 Å². The molecule has 28 heavy (non-hydrogen) atoms. The molecule has 2 heteroatoms. The Morgan fingerprint density at radius 2 is 1.43 bits per heavy atom. The van der Waals surface area contributed by atoms with Crippen molar-refractivity contribution >= 4 is 5.97 Å². The van der Waals surface area contributed by atoms with E-state index < -0.39 is 5.97 Å². The van der Waals surface area contributed by atoms with Crippen LogP contribution in [0.15, 0.2) is 78.9 Å². The molecular formula is C26H36O2. The standard InChI is InChI=1S/C26H36O2/c1-2-3-4-5-6-7-8-9-10-11-12-13-14-18-21-25(26(27)28)23-22-24-19-16-15-17-20-24/h3-4,6-7,9-10,12-13,15-17,19-20,25H,2,5,8,11,14,18,21-23H2,1H3,(H,27,28)/b4-3-,7-6-,10-9-,13-12-. The van der Waals surface area contributed by atoms with Gasteiger partial charge in [0.1, 0.15) is 0 Å². The highest BCUT2D eigenvalue weighted by molar-refractivity contribution is 5.69. The van der Waals surface area contributed by atoms with Gasteiger partial charge in [0.2, 0.25) is 0 Å². The van der Waals surface area contributed by atoms with Crippen LogP contribution in [0.1, 0.15) is 63.9 Å². The highest BCUT2D eigenvalue weighted by Crippen LogP contribution is 2.17. The summed E-state index contributed by atoms with van der Waals surface area (Å²) in [4.78, 5) is 11.4. The number of carbonyl (C=O) groups is 1. The minimum Gasteiger partial charge on any atom is -0.481 e. The second kappa shape index (κ2) is 16.8. The summed E-state index contributed by atoms with van der Waals surface area (Å²) in [6, 6.07) is 10.1. The van der Waals surface area contributed by atoms with Gasteiger partial charge in [-0.15, -0.1) is 0 Å². The third kappa shape index (κ3) is 12.9. The van der Waals surface area contributed by atoms with E-state index in [1.165, 1.54) is 5.56 Å². The van der Waals surface area contributed by atoms with Crippen LogP contribution in [0.3, 0.4) is 0 Å². The molecule has 2 nitrogen and oxygen atoms in total. The van der Waals surface area contributed by atoms with E-state index in [-0.39, 0.29) is 5.92 Å². The molecule has 0 bridgehead atoms. The minimum absolute atomic E-state index is 0.243. The second-order valence-electron chi connectivity index (χ2n) is 6.99. The van der Waals surface area contributed by atoms with Gasteiger partial charge in [-0.25, -0.2) is 0 Å². The van der Waals surface area contributed by atoms with Crippen LogP contribution >= 0.6 is 0 Å². The molecule has 1 N–H and O–H groups in total. The number of carboxylic acid groups (broad SMARTS) is 1. The first-order valence-corrected chi connectivity index (χ1v) is 10.6. The van der Waals surface area contributed by atoms with Gasteiger partial charge in [-0.1, -0.05) is 85.9 Å². The van der Waals surface area contributed by atoms with Gasteiger partial charge in [-0.2, -0.15) is 0 Å². The molecule has 0 aliphatic rings. The van der Waals surface area contributed by atoms with Crippen molar-refractivity contribution in [2.24, 2.45) is 5.92 Å². The summed E-state index contributed by atoms with van der Waals surface area (Å²) >= 11 is 0. The molecule has 1 atom stereocenters. The van der Waals surface area contributed by atoms with Crippen molar-refractivity contribution in [3.8, 4) is 0 Å². The van der Waals surface area contributed by atoms with Crippen LogP contribution in [-0.4, -0.2) is 11.1 Å². The summed E-state index contributed by atoms with van der Waals surface area (Å²) in [6.07, 6.45) is 25.7. The molecule has 152 valence electrons. The fourth-order valence-electron chi connectivity index (χ4n) is 2.96. The summed E-state index contributed by atoms with van der Waals surface area (Å²) < 4.78 is 0. The van der Waals surface area contributed by atoms with Crippen molar-refractivity contribution in [1.29, 1.82) is 0 Å². The molecule has 1 rings (SSSR count). The zero-order chi connectivity index (χ0) is 20.3. The number of hydrogen-bond donors (Lipinski definition) is 1. The van der Waals surface area contributed by atoms with Crippen LogP contribution < -0.4 is 0 Å². The summed E-state index contributed by atoms with van der Waals surface area (Å²) in [5.41, 5.74) is 1.22. The number of unbranched alkanes of at least 4 members (excludes halogenated alkanes) is 1. The summed E-state index contributed by atoms with van der Waals surface area (Å²) in [5.74, 6) is -0.909. The Hall–Kier alpha value is -2.35. The maximum absolute atomic E-state index is 11.4. The molecule has 0 saturated carbocycles. The molecule has 0 heterocycles. The molecule has 0 radical (unpaired) electrons. The molecule has 1 aromatic carbocycles. The van der Waals surface area contributed by atoms with Crippen molar-refractivity contribution in [1.82, 2.24) is 0 Å². The van der Waals surface area contributed by atoms with Crippen LogP contribution in [-0.2, 0) is 11.2 Å². The monoisotopic (exact) mass is 380 g/mol. The molecule has 0 aliphatic heterocycles. The Balaban J connectivity index is 2.12. The smallest absolute Gasteiger partial charge is 0.306 e. The average Bonchev–Trinajstić information content (AvgIpc) is 2.71. The first kappa shape index (κ1) is 23.7. The fourth-order valence-corrected chi connectivity index (χ4v) is 2.96. The molecule has 0 aromatic heterocycles. The minimum atomic E-state index is -0.666. The summed E-state index contributed by atoms with van der Waals surface area (Å²) in [5, 5.41) is 9.42. The lowest BCUT2D eigenvalue weighted by Gasteiger charge is -2.11. The lowest BCUT2D eigenvalue weighted by atomic mass is 9.94. The number of rotatable bonds is 15. The quantitative estimate of drug-likeness (QED) is 0.256. The highest BCUT2D eigenvalue weighted by Gasteiger charge is 2.16. The molecule has 0 spiro atoms. The maximum atomic E-state index is 11.4. The predicted molar refractivity (Wildman–Crippen MR) is 120 cm³/mol. The largest absolute Gasteiger partial charge is 0.481 e. The van der Waals surface area contributed by atoms with E-state index >= 15 is 0 Å². The Labute approximate surface area is 171 Å². The third-order valence-corrected chi connectivity index (χ3v) is 4.62. The van der Waals surface area contributed by atoms with Crippen molar-refractivity contribution in [2.75, 3.05) is 0 Å². The number of carboxylic acids is 1. The van der Waals surface area contributed by atoms with Gasteiger partial charge < -0.3 is 5.11 Å². The Kier molecular flexibility index (Phi) is 14.2. The van der Waals surface area contributed by atoms with Gasteiger partial charge in [0.05, 0.1) is 5.92 Å². The predicted octanol–water partition coefficient (Wildman–Crippen LogP) is 7.30. The van der Waals surface area contributed by atoms with Crippen molar-refractivity contribution in [3.63, 3.8) is 0 Å². The van der Waals surface area contributed by atoms with Gasteiger partial charge in [0.25, 0.3) is 0 Å². The van der Waals surface area contributed by atoms with E-state index in [0.717, 1.165) is 51.4 Å². The number of allylic oxidation sites excluding steroid dienone is 8. The molecular weight excluding hydrogens is 344 g/mol. The first-order chi connectivity index (χ1) is 13.7. The number of aryl methyl sites for hydroxylation is 1. The zero-order valence-corrected chi connectivity index (χ0v) is 17.3. The van der Waals surface area contributed by atoms with Crippen molar-refractivity contribution in [3.05, 3.63) is 84.5 Å². The van der Waals surface area contributed by atoms with E-state index in [1.807, 2.05) is 18.2 Å². The topological polar surface area (TPSA) is 37.3 Å². The number of benzene rings is 1. The van der Waals surface area contributed by atoms with Gasteiger partial charge in [-0.3, -0.25) is 4.79 Å². The van der Waals surface area contributed by atoms with Crippen LogP contribution in [0, 0.1) is 5.92 Å². The molecule has 0 aliphatic carbocycles. The molecule has 1 aromatic rings. The Morgan fingerprint density at radius 3 is 2.00 bits per heavy atom. The third-order valence-electron chi connectivity index (χ3n) is 4.62. The van der Waals surface area contributed by atoms with E-state index in [9.17, 15) is 9.90 Å². The van der Waals surface area contributed by atoms with Crippen LogP contribution in [0.25, 0.3) is 0 Å². The lowest BCUT2D eigenvalue weighted by molar-refractivity contribution is -0.142. The Bertz CT molecular complexity index is 623. The lowest BCUT2D eigenvalue weighted by Crippen LogP contribution is -2.14. The SMILES string of the molecule is CC/C=C\C/C=C\C/C=C\C/C=C\CCCC(CCc1ccccc1)C(=O)O. The van der Waals surface area contributed by atoms with E-state index in [2.05, 4.69) is 67.7 Å². The van der Waals surface area contributed by atoms with Gasteiger partial charge in [0.15, 0.2) is 0 Å². The Morgan fingerprint density at radius 1 is 0.857 bits per heavy atom.